The predicted molar refractivity (Wildman–Crippen MR) is 165 cm³/mol. The molecule has 0 bridgehead atoms. The van der Waals surface area contributed by atoms with Gasteiger partial charge in [-0.1, -0.05) is 40.9 Å². The summed E-state index contributed by atoms with van der Waals surface area (Å²) >= 11 is 9.46. The molecule has 2 aromatic heterocycles. The van der Waals surface area contributed by atoms with Crippen LogP contribution in [0.1, 0.15) is 19.8 Å². The molecule has 0 amide bonds. The van der Waals surface area contributed by atoms with Crippen molar-refractivity contribution < 1.29 is 17.9 Å². The average Bonchev–Trinajstić information content (AvgIpc) is 3.35. The summed E-state index contributed by atoms with van der Waals surface area (Å²) in [6, 6.07) is 15.1. The largest absolute Gasteiger partial charge is 0.464 e. The van der Waals surface area contributed by atoms with Gasteiger partial charge in [0.05, 0.1) is 22.7 Å². The van der Waals surface area contributed by atoms with Crippen LogP contribution in [0.15, 0.2) is 70.2 Å². The Balaban J connectivity index is 1.65. The SMILES string of the molecule is CCCCOC(=O)CN(c1ccc2c(ccn2-c2ccc(NCCN(C)C)nn2)c1)S(=O)(=O)c1cc(Cl)cc(Br)c1. The van der Waals surface area contributed by atoms with Crippen molar-refractivity contribution in [1.29, 1.82) is 0 Å². The van der Waals surface area contributed by atoms with Gasteiger partial charge in [0.15, 0.2) is 5.82 Å². The van der Waals surface area contributed by atoms with Crippen LogP contribution in [-0.4, -0.2) is 74.4 Å². The number of carbonyl (C=O) groups excluding carboxylic acids is 1. The van der Waals surface area contributed by atoms with Gasteiger partial charge in [0.2, 0.25) is 0 Å². The van der Waals surface area contributed by atoms with Crippen molar-refractivity contribution in [1.82, 2.24) is 19.7 Å². The molecule has 0 aliphatic heterocycles. The van der Waals surface area contributed by atoms with Gasteiger partial charge in [0, 0.05) is 34.2 Å². The van der Waals surface area contributed by atoms with E-state index in [1.807, 2.05) is 50.0 Å². The third-order valence-electron chi connectivity index (χ3n) is 6.18. The summed E-state index contributed by atoms with van der Waals surface area (Å²) in [7, 11) is -0.171. The number of halogens is 2. The van der Waals surface area contributed by atoms with Crippen LogP contribution in [0, 0.1) is 0 Å². The Morgan fingerprint density at radius 3 is 2.59 bits per heavy atom. The Labute approximate surface area is 253 Å². The van der Waals surface area contributed by atoms with Gasteiger partial charge in [0.25, 0.3) is 10.0 Å². The lowest BCUT2D eigenvalue weighted by atomic mass is 10.2. The number of hydrogen-bond acceptors (Lipinski definition) is 8. The fraction of sp³-hybridized carbons (Fsp3) is 0.321. The number of fused-ring (bicyclic) bond motifs is 1. The zero-order valence-electron chi connectivity index (χ0n) is 23.0. The predicted octanol–water partition coefficient (Wildman–Crippen LogP) is 5.35. The van der Waals surface area contributed by atoms with Gasteiger partial charge in [-0.3, -0.25) is 13.7 Å². The van der Waals surface area contributed by atoms with Crippen molar-refractivity contribution in [2.75, 3.05) is 50.0 Å². The minimum Gasteiger partial charge on any atom is -0.464 e. The third-order valence-corrected chi connectivity index (χ3v) is 8.61. The van der Waals surface area contributed by atoms with Crippen molar-refractivity contribution in [3.8, 4) is 5.82 Å². The van der Waals surface area contributed by atoms with E-state index in [0.29, 0.717) is 28.2 Å². The molecular formula is C28H32BrClN6O4S. The fourth-order valence-corrected chi connectivity index (χ4v) is 6.60. The molecule has 4 rings (SSSR count). The maximum absolute atomic E-state index is 13.8. The molecule has 0 fully saturated rings. The van der Waals surface area contributed by atoms with E-state index < -0.39 is 22.5 Å². The second-order valence-electron chi connectivity index (χ2n) is 9.63. The smallest absolute Gasteiger partial charge is 0.326 e. The third kappa shape index (κ3) is 7.76. The van der Waals surface area contributed by atoms with Gasteiger partial charge in [-0.25, -0.2) is 8.42 Å². The van der Waals surface area contributed by atoms with E-state index in [4.69, 9.17) is 16.3 Å². The number of carbonyl (C=O) groups is 1. The highest BCUT2D eigenvalue weighted by Crippen LogP contribution is 2.31. The molecule has 0 saturated carbocycles. The number of anilines is 2. The van der Waals surface area contributed by atoms with E-state index in [2.05, 4.69) is 36.3 Å². The number of benzene rings is 2. The Bertz CT molecular complexity index is 1590. The Hall–Kier alpha value is -3.19. The van der Waals surface area contributed by atoms with E-state index in [-0.39, 0.29) is 16.5 Å². The van der Waals surface area contributed by atoms with Crippen molar-refractivity contribution in [3.63, 3.8) is 0 Å². The van der Waals surface area contributed by atoms with Crippen molar-refractivity contribution in [2.24, 2.45) is 0 Å². The highest BCUT2D eigenvalue weighted by molar-refractivity contribution is 9.10. The molecule has 0 unspecified atom stereocenters. The lowest BCUT2D eigenvalue weighted by molar-refractivity contribution is -0.141. The second-order valence-corrected chi connectivity index (χ2v) is 12.8. The Morgan fingerprint density at radius 2 is 1.90 bits per heavy atom. The summed E-state index contributed by atoms with van der Waals surface area (Å²) in [5.74, 6) is 0.641. The number of ether oxygens (including phenoxy) is 1. The van der Waals surface area contributed by atoms with E-state index in [1.54, 1.807) is 24.3 Å². The number of nitrogens with zero attached hydrogens (tertiary/aromatic N) is 5. The maximum atomic E-state index is 13.8. The van der Waals surface area contributed by atoms with Crippen LogP contribution in [0.3, 0.4) is 0 Å². The first-order chi connectivity index (χ1) is 19.6. The van der Waals surface area contributed by atoms with Crippen molar-refractivity contribution >= 4 is 65.9 Å². The quantitative estimate of drug-likeness (QED) is 0.151. The monoisotopic (exact) mass is 662 g/mol. The Morgan fingerprint density at radius 1 is 1.10 bits per heavy atom. The van der Waals surface area contributed by atoms with Crippen molar-refractivity contribution in [2.45, 2.75) is 24.7 Å². The number of likely N-dealkylation sites (N-methyl/N-ethyl adjacent to an activating group) is 1. The number of aromatic nitrogens is 3. The zero-order valence-corrected chi connectivity index (χ0v) is 26.2. The lowest BCUT2D eigenvalue weighted by Crippen LogP contribution is -2.36. The van der Waals surface area contributed by atoms with E-state index in [0.717, 1.165) is 34.7 Å². The first-order valence-corrected chi connectivity index (χ1v) is 15.7. The molecule has 0 aliphatic rings. The first-order valence-electron chi connectivity index (χ1n) is 13.1. The summed E-state index contributed by atoms with van der Waals surface area (Å²) in [6.45, 7) is 3.32. The summed E-state index contributed by atoms with van der Waals surface area (Å²) in [5.41, 5.74) is 1.11. The number of unbranched alkanes of at least 4 members (excludes halogenated alkanes) is 1. The first kappa shape index (κ1) is 30.8. The Kier molecular flexibility index (Phi) is 10.2. The molecule has 41 heavy (non-hydrogen) atoms. The van der Waals surface area contributed by atoms with Gasteiger partial charge in [0.1, 0.15) is 12.4 Å². The molecule has 0 atom stereocenters. The van der Waals surface area contributed by atoms with Crippen molar-refractivity contribution in [3.05, 3.63) is 70.3 Å². The minimum atomic E-state index is -4.18. The van der Waals surface area contributed by atoms with Crippen LogP contribution < -0.4 is 9.62 Å². The van der Waals surface area contributed by atoms with Gasteiger partial charge in [-0.15, -0.1) is 10.2 Å². The van der Waals surface area contributed by atoms with Gasteiger partial charge >= 0.3 is 5.97 Å². The maximum Gasteiger partial charge on any atom is 0.326 e. The molecule has 4 aromatic rings. The molecule has 218 valence electrons. The van der Waals surface area contributed by atoms with Crippen LogP contribution in [0.4, 0.5) is 11.5 Å². The average molecular weight is 664 g/mol. The zero-order chi connectivity index (χ0) is 29.6. The van der Waals surface area contributed by atoms with Gasteiger partial charge < -0.3 is 15.0 Å². The molecule has 0 saturated heterocycles. The molecule has 0 spiro atoms. The molecule has 0 radical (unpaired) electrons. The number of hydrogen-bond donors (Lipinski definition) is 1. The second kappa shape index (κ2) is 13.6. The lowest BCUT2D eigenvalue weighted by Gasteiger charge is -2.24. The molecular weight excluding hydrogens is 632 g/mol. The number of rotatable bonds is 13. The van der Waals surface area contributed by atoms with Crippen LogP contribution in [0.2, 0.25) is 5.02 Å². The van der Waals surface area contributed by atoms with Gasteiger partial charge in [-0.05, 0) is 75.1 Å². The topological polar surface area (TPSA) is 110 Å². The summed E-state index contributed by atoms with van der Waals surface area (Å²) in [6.07, 6.45) is 3.37. The van der Waals surface area contributed by atoms with E-state index >= 15 is 0 Å². The summed E-state index contributed by atoms with van der Waals surface area (Å²) < 4.78 is 36.3. The normalized spacial score (nSPS) is 11.7. The summed E-state index contributed by atoms with van der Waals surface area (Å²) in [5, 5.41) is 12.9. The van der Waals surface area contributed by atoms with E-state index in [1.165, 1.54) is 12.1 Å². The molecule has 1 N–H and O–H groups in total. The van der Waals surface area contributed by atoms with Crippen LogP contribution >= 0.6 is 27.5 Å². The van der Waals surface area contributed by atoms with Gasteiger partial charge in [-0.2, -0.15) is 0 Å². The molecule has 2 heterocycles. The number of esters is 1. The molecule has 13 heteroatoms. The number of sulfonamides is 1. The van der Waals surface area contributed by atoms with E-state index in [9.17, 15) is 13.2 Å². The fourth-order valence-electron chi connectivity index (χ4n) is 4.05. The molecule has 0 aliphatic carbocycles. The molecule has 10 nitrogen and oxygen atoms in total. The summed E-state index contributed by atoms with van der Waals surface area (Å²) in [4.78, 5) is 14.7. The number of nitrogens with one attached hydrogen (secondary N) is 1. The highest BCUT2D eigenvalue weighted by atomic mass is 79.9. The minimum absolute atomic E-state index is 0.0505. The van der Waals surface area contributed by atoms with Crippen LogP contribution in [0.5, 0.6) is 0 Å². The highest BCUT2D eigenvalue weighted by Gasteiger charge is 2.29. The molecule has 2 aromatic carbocycles. The van der Waals surface area contributed by atoms with Crippen LogP contribution in [0.25, 0.3) is 16.7 Å². The van der Waals surface area contributed by atoms with Crippen LogP contribution in [-0.2, 0) is 19.6 Å². The standard InChI is InChI=1S/C28H32BrClN6O4S/c1-4-5-14-40-28(37)19-36(41(38,39)24-17-21(29)16-22(30)18-24)23-6-7-25-20(15-23)10-12-35(25)27-9-8-26(32-33-27)31-11-13-34(2)3/h6-10,12,15-18H,4-5,11,13-14,19H2,1-3H3,(H,31,32).